The van der Waals surface area contributed by atoms with Crippen LogP contribution in [0.4, 0.5) is 5.82 Å². The van der Waals surface area contributed by atoms with Gasteiger partial charge in [0.1, 0.15) is 0 Å². The lowest BCUT2D eigenvalue weighted by Crippen LogP contribution is -1.81. The molecular weight excluding hydrogens is 146 g/mol. The van der Waals surface area contributed by atoms with Gasteiger partial charge in [-0.05, 0) is 12.1 Å². The van der Waals surface area contributed by atoms with Crippen molar-refractivity contribution in [2.24, 2.45) is 10.1 Å². The Kier molecular flexibility index (Phi) is 2.13. The molecule has 0 N–H and O–H groups in total. The van der Waals surface area contributed by atoms with Crippen LogP contribution in [0.2, 0.25) is 0 Å². The summed E-state index contributed by atoms with van der Waals surface area (Å²) in [5.74, 6) is 0.253. The molecule has 0 aliphatic carbocycles. The van der Waals surface area contributed by atoms with Gasteiger partial charge in [0, 0.05) is 6.20 Å². The van der Waals surface area contributed by atoms with Crippen molar-refractivity contribution in [3.63, 3.8) is 0 Å². The predicted molar refractivity (Wildman–Crippen MR) is 35.7 cm³/mol. The zero-order chi connectivity index (χ0) is 8.10. The van der Waals surface area contributed by atoms with E-state index in [1.54, 1.807) is 6.07 Å². The van der Waals surface area contributed by atoms with E-state index < -0.39 is 0 Å². The summed E-state index contributed by atoms with van der Waals surface area (Å²) >= 11 is 0. The van der Waals surface area contributed by atoms with E-state index >= 15 is 0 Å². The van der Waals surface area contributed by atoms with E-state index in [0.717, 1.165) is 4.68 Å². The maximum absolute atomic E-state index is 9.78. The lowest BCUT2D eigenvalue weighted by Gasteiger charge is -1.88. The molecule has 0 saturated heterocycles. The van der Waals surface area contributed by atoms with Crippen molar-refractivity contribution >= 4 is 18.0 Å². The van der Waals surface area contributed by atoms with Crippen LogP contribution in [0, 0.1) is 0 Å². The van der Waals surface area contributed by atoms with Crippen LogP contribution in [0.25, 0.3) is 0 Å². The van der Waals surface area contributed by atoms with Gasteiger partial charge in [-0.25, -0.2) is 14.3 Å². The van der Waals surface area contributed by atoms with Crippen LogP contribution in [-0.4, -0.2) is 16.8 Å². The van der Waals surface area contributed by atoms with Crippen LogP contribution >= 0.6 is 0 Å². The lowest BCUT2D eigenvalue weighted by atomic mass is 10.6. The second-order valence-corrected chi connectivity index (χ2v) is 1.61. The molecule has 0 atom stereocenters. The number of aromatic nitrogens is 1. The lowest BCUT2D eigenvalue weighted by molar-refractivity contribution is 0.559. The largest absolute Gasteiger partial charge is 0.259 e. The third kappa shape index (κ3) is 1.49. The van der Waals surface area contributed by atoms with Crippen molar-refractivity contribution < 1.29 is 9.59 Å². The highest BCUT2D eigenvalue weighted by Gasteiger charge is 1.94. The summed E-state index contributed by atoms with van der Waals surface area (Å²) in [4.78, 5) is 22.8. The Morgan fingerprint density at radius 2 is 2.18 bits per heavy atom. The van der Waals surface area contributed by atoms with E-state index in [1.165, 1.54) is 24.4 Å². The number of isocyanates is 2. The predicted octanol–water partition coefficient (Wildman–Crippen LogP) is 0.554. The third-order valence-electron chi connectivity index (χ3n) is 1.02. The summed E-state index contributed by atoms with van der Waals surface area (Å²) in [6, 6.07) is 3.11. The first-order chi connectivity index (χ1) is 5.38. The fourth-order valence-electron chi connectivity index (χ4n) is 0.627. The fraction of sp³-hybridized carbons (Fsp3) is 0. The van der Waals surface area contributed by atoms with Crippen LogP contribution in [0.5, 0.6) is 0 Å². The highest BCUT2D eigenvalue weighted by molar-refractivity contribution is 5.46. The zero-order valence-electron chi connectivity index (χ0n) is 5.39. The Bertz CT molecular complexity index is 310. The monoisotopic (exact) mass is 149 g/mol. The van der Waals surface area contributed by atoms with Crippen molar-refractivity contribution in [2.45, 2.75) is 0 Å². The molecule has 0 fully saturated rings. The van der Waals surface area contributed by atoms with E-state index in [2.05, 4.69) is 10.1 Å². The first-order valence-corrected chi connectivity index (χ1v) is 2.72. The number of nitrogens with zero attached hydrogens (tertiary/aromatic N) is 3. The Morgan fingerprint density at radius 1 is 1.36 bits per heavy atom. The maximum atomic E-state index is 9.78. The van der Waals surface area contributed by atoms with Gasteiger partial charge in [0.15, 0.2) is 5.82 Å². The summed E-state index contributed by atoms with van der Waals surface area (Å²) < 4.78 is 1.12. The first kappa shape index (κ1) is 7.15. The molecule has 0 aromatic carbocycles. The van der Waals surface area contributed by atoms with E-state index in [0.29, 0.717) is 0 Å². The van der Waals surface area contributed by atoms with Crippen LogP contribution < -0.4 is 0 Å². The summed E-state index contributed by atoms with van der Waals surface area (Å²) in [6.45, 7) is 0. The normalized spacial score (nSPS) is 8.00. The molecule has 1 rings (SSSR count). The number of carbonyl (C=O) groups excluding carboxylic acids is 2. The van der Waals surface area contributed by atoms with Crippen molar-refractivity contribution in [2.75, 3.05) is 0 Å². The van der Waals surface area contributed by atoms with Crippen LogP contribution in [-0.2, 0) is 9.59 Å². The standard InChI is InChI=1S/C6H3N3O2/c10-4-7-6-2-1-3-9(6)8-5-11/h1-3H. The van der Waals surface area contributed by atoms with E-state index in [-0.39, 0.29) is 5.82 Å². The zero-order valence-corrected chi connectivity index (χ0v) is 5.39. The van der Waals surface area contributed by atoms with Gasteiger partial charge in [-0.3, -0.25) is 0 Å². The molecule has 0 radical (unpaired) electrons. The van der Waals surface area contributed by atoms with Gasteiger partial charge in [0.05, 0.1) is 0 Å². The molecule has 0 amide bonds. The topological polar surface area (TPSA) is 63.8 Å². The molecule has 5 nitrogen and oxygen atoms in total. The Labute approximate surface area is 61.7 Å². The Balaban J connectivity index is 3.14. The number of aliphatic imine (C=N–C) groups is 1. The molecular formula is C6H3N3O2. The molecule has 0 aliphatic heterocycles. The van der Waals surface area contributed by atoms with Crippen molar-refractivity contribution in [3.05, 3.63) is 18.3 Å². The van der Waals surface area contributed by atoms with Crippen molar-refractivity contribution in [1.82, 2.24) is 4.68 Å². The average Bonchev–Trinajstić information content (AvgIpc) is 2.39. The van der Waals surface area contributed by atoms with Gasteiger partial charge < -0.3 is 0 Å². The van der Waals surface area contributed by atoms with Crippen molar-refractivity contribution in [1.29, 1.82) is 0 Å². The fourth-order valence-corrected chi connectivity index (χ4v) is 0.627. The van der Waals surface area contributed by atoms with E-state index in [9.17, 15) is 9.59 Å². The minimum Gasteiger partial charge on any atom is -0.211 e. The highest BCUT2D eigenvalue weighted by Crippen LogP contribution is 2.10. The van der Waals surface area contributed by atoms with E-state index in [4.69, 9.17) is 0 Å². The molecule has 0 bridgehead atoms. The molecule has 0 saturated carbocycles. The summed E-state index contributed by atoms with van der Waals surface area (Å²) in [7, 11) is 0. The Hall–Kier alpha value is -1.96. The van der Waals surface area contributed by atoms with Gasteiger partial charge >= 0.3 is 0 Å². The summed E-state index contributed by atoms with van der Waals surface area (Å²) in [5, 5.41) is 3.22. The van der Waals surface area contributed by atoms with Crippen LogP contribution in [0.15, 0.2) is 28.4 Å². The molecule has 54 valence electrons. The number of hydrogen-bond acceptors (Lipinski definition) is 4. The average molecular weight is 149 g/mol. The number of rotatable bonds is 2. The molecule has 1 aromatic rings. The van der Waals surface area contributed by atoms with E-state index in [1.807, 2.05) is 0 Å². The minimum atomic E-state index is 0.253. The van der Waals surface area contributed by atoms with Gasteiger partial charge in [0.25, 0.3) is 6.08 Å². The van der Waals surface area contributed by atoms with Gasteiger partial charge in [-0.1, -0.05) is 5.10 Å². The van der Waals surface area contributed by atoms with Crippen LogP contribution in [0.1, 0.15) is 0 Å². The summed E-state index contributed by atoms with van der Waals surface area (Å²) in [5.41, 5.74) is 0. The molecule has 5 heteroatoms. The van der Waals surface area contributed by atoms with Gasteiger partial charge in [0.2, 0.25) is 6.08 Å². The second-order valence-electron chi connectivity index (χ2n) is 1.61. The molecule has 0 unspecified atom stereocenters. The van der Waals surface area contributed by atoms with Gasteiger partial charge in [-0.2, -0.15) is 0 Å². The molecule has 1 aromatic heterocycles. The minimum absolute atomic E-state index is 0.253. The Morgan fingerprint density at radius 3 is 2.82 bits per heavy atom. The van der Waals surface area contributed by atoms with Crippen LogP contribution in [0.3, 0.4) is 0 Å². The molecule has 0 aliphatic rings. The highest BCUT2D eigenvalue weighted by atomic mass is 16.1. The van der Waals surface area contributed by atoms with Crippen molar-refractivity contribution in [3.8, 4) is 0 Å². The number of hydrogen-bond donors (Lipinski definition) is 0. The smallest absolute Gasteiger partial charge is 0.211 e. The maximum Gasteiger partial charge on any atom is 0.259 e. The summed E-state index contributed by atoms with van der Waals surface area (Å²) in [6.07, 6.45) is 4.12. The first-order valence-electron chi connectivity index (χ1n) is 2.72. The SMILES string of the molecule is O=C=Nc1cccn1N=C=O. The molecule has 1 heterocycles. The molecule has 11 heavy (non-hydrogen) atoms. The van der Waals surface area contributed by atoms with Gasteiger partial charge in [-0.15, -0.1) is 4.99 Å². The quantitative estimate of drug-likeness (QED) is 0.455. The second kappa shape index (κ2) is 3.27. The molecule has 0 spiro atoms. The third-order valence-corrected chi connectivity index (χ3v) is 1.02.